The molecular formula is C13H16N2O2S3. The van der Waals surface area contributed by atoms with Gasteiger partial charge in [-0.1, -0.05) is 23.9 Å². The van der Waals surface area contributed by atoms with Crippen LogP contribution in [0.5, 0.6) is 0 Å². The van der Waals surface area contributed by atoms with Gasteiger partial charge in [0.15, 0.2) is 9.84 Å². The van der Waals surface area contributed by atoms with E-state index in [2.05, 4.69) is 4.98 Å². The van der Waals surface area contributed by atoms with Gasteiger partial charge in [0.2, 0.25) is 0 Å². The van der Waals surface area contributed by atoms with Crippen LogP contribution in [-0.2, 0) is 16.4 Å². The number of thioether (sulfide) groups is 1. The zero-order valence-electron chi connectivity index (χ0n) is 11.1. The van der Waals surface area contributed by atoms with Crippen molar-refractivity contribution in [2.45, 2.75) is 22.7 Å². The molecule has 1 heterocycles. The largest absolute Gasteiger partial charge is 0.326 e. The number of nitrogens with two attached hydrogens (primary N) is 1. The Morgan fingerprint density at radius 2 is 2.20 bits per heavy atom. The summed E-state index contributed by atoms with van der Waals surface area (Å²) in [6, 6.07) is 6.82. The highest BCUT2D eigenvalue weighted by molar-refractivity contribution is 8.02. The van der Waals surface area contributed by atoms with E-state index >= 15 is 0 Å². The summed E-state index contributed by atoms with van der Waals surface area (Å²) >= 11 is 3.02. The molecule has 0 radical (unpaired) electrons. The van der Waals surface area contributed by atoms with Crippen molar-refractivity contribution in [2.24, 2.45) is 5.73 Å². The summed E-state index contributed by atoms with van der Waals surface area (Å²) in [5.41, 5.74) is 7.33. The number of nitrogens with zero attached hydrogens (tertiary/aromatic N) is 1. The van der Waals surface area contributed by atoms with Gasteiger partial charge in [-0.25, -0.2) is 13.4 Å². The Bertz CT molecular complexity index is 680. The minimum atomic E-state index is -3.26. The van der Waals surface area contributed by atoms with E-state index in [-0.39, 0.29) is 5.75 Å². The Balaban J connectivity index is 2.00. The average molecular weight is 328 g/mol. The first-order chi connectivity index (χ1) is 9.51. The number of sulfone groups is 1. The quantitative estimate of drug-likeness (QED) is 0.825. The van der Waals surface area contributed by atoms with E-state index in [9.17, 15) is 8.42 Å². The molecule has 4 nitrogen and oxygen atoms in total. The Labute approximate surface area is 127 Å². The highest BCUT2D eigenvalue weighted by Crippen LogP contribution is 2.23. The lowest BCUT2D eigenvalue weighted by molar-refractivity contribution is 0.597. The third-order valence-electron chi connectivity index (χ3n) is 2.67. The van der Waals surface area contributed by atoms with Crippen molar-refractivity contribution < 1.29 is 8.42 Å². The second kappa shape index (κ2) is 6.71. The van der Waals surface area contributed by atoms with Crippen molar-refractivity contribution in [1.29, 1.82) is 0 Å². The maximum Gasteiger partial charge on any atom is 0.179 e. The number of rotatable bonds is 6. The fourth-order valence-corrected chi connectivity index (χ4v) is 5.26. The van der Waals surface area contributed by atoms with Gasteiger partial charge in [0.05, 0.1) is 10.6 Å². The Kier molecular flexibility index (Phi) is 5.20. The first-order valence-corrected chi connectivity index (χ1v) is 9.60. The lowest BCUT2D eigenvalue weighted by Gasteiger charge is -2.05. The molecule has 7 heteroatoms. The van der Waals surface area contributed by atoms with Crippen LogP contribution in [0.1, 0.15) is 11.3 Å². The fourth-order valence-electron chi connectivity index (χ4n) is 1.62. The standard InChI is InChI=1S/C13H16N2O2S3/c1-10-9-19-13(15-10)18-5-6-20(16,17)12-4-2-3-11(7-12)8-14/h2-4,7,9H,5-6,8,14H2,1H3. The maximum absolute atomic E-state index is 12.2. The average Bonchev–Trinajstić information content (AvgIpc) is 2.84. The summed E-state index contributed by atoms with van der Waals surface area (Å²) < 4.78 is 25.4. The van der Waals surface area contributed by atoms with Gasteiger partial charge in [-0.05, 0) is 24.6 Å². The van der Waals surface area contributed by atoms with Gasteiger partial charge in [-0.2, -0.15) is 0 Å². The molecule has 0 aliphatic heterocycles. The van der Waals surface area contributed by atoms with Crippen LogP contribution in [0.2, 0.25) is 0 Å². The molecule has 0 unspecified atom stereocenters. The van der Waals surface area contributed by atoms with Crippen LogP contribution in [0.15, 0.2) is 38.9 Å². The SMILES string of the molecule is Cc1csc(SCCS(=O)(=O)c2cccc(CN)c2)n1. The number of benzene rings is 1. The van der Waals surface area contributed by atoms with Gasteiger partial charge in [-0.3, -0.25) is 0 Å². The van der Waals surface area contributed by atoms with Gasteiger partial charge < -0.3 is 5.73 Å². The van der Waals surface area contributed by atoms with E-state index in [1.807, 2.05) is 18.4 Å². The van der Waals surface area contributed by atoms with Gasteiger partial charge in [0.1, 0.15) is 4.34 Å². The predicted octanol–water partition coefficient (Wildman–Crippen LogP) is 2.48. The van der Waals surface area contributed by atoms with E-state index in [1.54, 1.807) is 29.5 Å². The summed E-state index contributed by atoms with van der Waals surface area (Å²) in [5.74, 6) is 0.604. The molecule has 0 aliphatic carbocycles. The van der Waals surface area contributed by atoms with Gasteiger partial charge >= 0.3 is 0 Å². The minimum absolute atomic E-state index is 0.102. The van der Waals surface area contributed by atoms with Crippen LogP contribution < -0.4 is 5.73 Å². The van der Waals surface area contributed by atoms with Gasteiger partial charge in [0, 0.05) is 23.4 Å². The third-order valence-corrected chi connectivity index (χ3v) is 6.78. The van der Waals surface area contributed by atoms with Crippen LogP contribution in [-0.4, -0.2) is 24.9 Å². The summed E-state index contributed by atoms with van der Waals surface area (Å²) in [5, 5.41) is 1.96. The lowest BCUT2D eigenvalue weighted by Crippen LogP contribution is -2.09. The zero-order chi connectivity index (χ0) is 14.6. The number of aryl methyl sites for hydroxylation is 1. The molecule has 1 aromatic heterocycles. The monoisotopic (exact) mass is 328 g/mol. The molecular weight excluding hydrogens is 312 g/mol. The normalized spacial score (nSPS) is 11.7. The molecule has 0 bridgehead atoms. The van der Waals surface area contributed by atoms with Crippen molar-refractivity contribution in [1.82, 2.24) is 4.98 Å². The second-order valence-corrected chi connectivity index (χ2v) is 8.58. The molecule has 2 aromatic rings. The number of thiazole rings is 1. The smallest absolute Gasteiger partial charge is 0.179 e. The van der Waals surface area contributed by atoms with E-state index < -0.39 is 9.84 Å². The summed E-state index contributed by atoms with van der Waals surface area (Å²) in [7, 11) is -3.26. The van der Waals surface area contributed by atoms with Gasteiger partial charge in [-0.15, -0.1) is 11.3 Å². The molecule has 1 aromatic carbocycles. The molecule has 0 spiro atoms. The van der Waals surface area contributed by atoms with Crippen molar-refractivity contribution in [3.63, 3.8) is 0 Å². The summed E-state index contributed by atoms with van der Waals surface area (Å²) in [6.07, 6.45) is 0. The van der Waals surface area contributed by atoms with Crippen molar-refractivity contribution >= 4 is 32.9 Å². The van der Waals surface area contributed by atoms with Crippen molar-refractivity contribution in [3.05, 3.63) is 40.9 Å². The molecule has 0 atom stereocenters. The van der Waals surface area contributed by atoms with Crippen molar-refractivity contribution in [2.75, 3.05) is 11.5 Å². The van der Waals surface area contributed by atoms with Crippen LogP contribution in [0.4, 0.5) is 0 Å². The van der Waals surface area contributed by atoms with Crippen LogP contribution in [0, 0.1) is 6.92 Å². The van der Waals surface area contributed by atoms with E-state index in [0.717, 1.165) is 15.6 Å². The lowest BCUT2D eigenvalue weighted by atomic mass is 10.2. The Morgan fingerprint density at radius 3 is 2.85 bits per heavy atom. The molecule has 0 fully saturated rings. The summed E-state index contributed by atoms with van der Waals surface area (Å²) in [6.45, 7) is 2.27. The fraction of sp³-hybridized carbons (Fsp3) is 0.308. The minimum Gasteiger partial charge on any atom is -0.326 e. The maximum atomic E-state index is 12.2. The summed E-state index contributed by atoms with van der Waals surface area (Å²) in [4.78, 5) is 4.64. The van der Waals surface area contributed by atoms with Crippen LogP contribution in [0.25, 0.3) is 0 Å². The Hall–Kier alpha value is -0.890. The van der Waals surface area contributed by atoms with E-state index in [4.69, 9.17) is 5.73 Å². The first-order valence-electron chi connectivity index (χ1n) is 6.08. The van der Waals surface area contributed by atoms with E-state index in [0.29, 0.717) is 17.2 Å². The third kappa shape index (κ3) is 4.05. The topological polar surface area (TPSA) is 73.0 Å². The predicted molar refractivity (Wildman–Crippen MR) is 84.0 cm³/mol. The first kappa shape index (κ1) is 15.5. The van der Waals surface area contributed by atoms with Gasteiger partial charge in [0.25, 0.3) is 0 Å². The zero-order valence-corrected chi connectivity index (χ0v) is 13.5. The molecule has 108 valence electrons. The molecule has 0 amide bonds. The second-order valence-electron chi connectivity index (χ2n) is 4.27. The molecule has 2 rings (SSSR count). The Morgan fingerprint density at radius 1 is 1.40 bits per heavy atom. The molecule has 0 aliphatic rings. The highest BCUT2D eigenvalue weighted by atomic mass is 32.2. The molecule has 0 saturated carbocycles. The van der Waals surface area contributed by atoms with Crippen LogP contribution >= 0.6 is 23.1 Å². The number of hydrogen-bond acceptors (Lipinski definition) is 6. The molecule has 20 heavy (non-hydrogen) atoms. The number of aromatic nitrogens is 1. The molecule has 2 N–H and O–H groups in total. The molecule has 0 saturated heterocycles. The van der Waals surface area contributed by atoms with E-state index in [1.165, 1.54) is 11.8 Å². The highest BCUT2D eigenvalue weighted by Gasteiger charge is 2.15. The number of hydrogen-bond donors (Lipinski definition) is 1. The van der Waals surface area contributed by atoms with Crippen LogP contribution in [0.3, 0.4) is 0 Å². The van der Waals surface area contributed by atoms with Crippen molar-refractivity contribution in [3.8, 4) is 0 Å².